The van der Waals surface area contributed by atoms with Gasteiger partial charge in [-0.25, -0.2) is 8.78 Å². The van der Waals surface area contributed by atoms with E-state index >= 15 is 0 Å². The van der Waals surface area contributed by atoms with E-state index in [4.69, 9.17) is 0 Å². The van der Waals surface area contributed by atoms with Gasteiger partial charge in [0.15, 0.2) is 0 Å². The second kappa shape index (κ2) is 5.69. The Kier molecular flexibility index (Phi) is 3.99. The number of halogens is 2. The first-order valence-electron chi connectivity index (χ1n) is 5.72. The summed E-state index contributed by atoms with van der Waals surface area (Å²) in [7, 11) is 1.75. The summed E-state index contributed by atoms with van der Waals surface area (Å²) in [4.78, 5) is 3.72. The predicted molar refractivity (Wildman–Crippen MR) is 66.1 cm³/mol. The summed E-state index contributed by atoms with van der Waals surface area (Å²) in [6.07, 6.45) is 3.26. The van der Waals surface area contributed by atoms with E-state index in [0.717, 1.165) is 5.56 Å². The molecule has 0 aliphatic carbocycles. The smallest absolute Gasteiger partial charge is 0.146 e. The average molecular weight is 248 g/mol. The first-order chi connectivity index (χ1) is 8.70. The lowest BCUT2D eigenvalue weighted by Crippen LogP contribution is -2.20. The molecule has 0 bridgehead atoms. The van der Waals surface area contributed by atoms with Crippen LogP contribution in [0.15, 0.2) is 42.7 Å². The molecule has 0 saturated carbocycles. The zero-order chi connectivity index (χ0) is 13.0. The van der Waals surface area contributed by atoms with Crippen molar-refractivity contribution in [1.82, 2.24) is 10.3 Å². The van der Waals surface area contributed by atoms with Crippen molar-refractivity contribution in [2.45, 2.75) is 12.5 Å². The highest BCUT2D eigenvalue weighted by Crippen LogP contribution is 2.20. The van der Waals surface area contributed by atoms with Crippen LogP contribution in [0, 0.1) is 11.6 Å². The van der Waals surface area contributed by atoms with Gasteiger partial charge >= 0.3 is 0 Å². The van der Waals surface area contributed by atoms with Crippen molar-refractivity contribution >= 4 is 0 Å². The minimum Gasteiger partial charge on any atom is -0.313 e. The van der Waals surface area contributed by atoms with Gasteiger partial charge < -0.3 is 5.32 Å². The molecule has 18 heavy (non-hydrogen) atoms. The maximum Gasteiger partial charge on any atom is 0.146 e. The fraction of sp³-hybridized carbons (Fsp3) is 0.214. The molecule has 0 fully saturated rings. The largest absolute Gasteiger partial charge is 0.313 e. The first kappa shape index (κ1) is 12.6. The maximum absolute atomic E-state index is 13.6. The Balaban J connectivity index is 2.23. The second-order valence-corrected chi connectivity index (χ2v) is 4.07. The van der Waals surface area contributed by atoms with Gasteiger partial charge in [-0.3, -0.25) is 4.98 Å². The van der Waals surface area contributed by atoms with Crippen molar-refractivity contribution in [3.8, 4) is 0 Å². The Bertz CT molecular complexity index is 529. The van der Waals surface area contributed by atoms with Crippen molar-refractivity contribution in [1.29, 1.82) is 0 Å². The van der Waals surface area contributed by atoms with Crippen LogP contribution >= 0.6 is 0 Å². The molecule has 1 atom stereocenters. The van der Waals surface area contributed by atoms with Gasteiger partial charge in [-0.1, -0.05) is 12.1 Å². The van der Waals surface area contributed by atoms with Crippen LogP contribution in [0.1, 0.15) is 17.2 Å². The Labute approximate surface area is 105 Å². The molecule has 2 aromatic rings. The number of benzene rings is 1. The van der Waals surface area contributed by atoms with E-state index < -0.39 is 0 Å². The van der Waals surface area contributed by atoms with E-state index in [9.17, 15) is 8.78 Å². The molecular weight excluding hydrogens is 234 g/mol. The molecule has 1 heterocycles. The van der Waals surface area contributed by atoms with Crippen molar-refractivity contribution in [3.05, 3.63) is 65.5 Å². The van der Waals surface area contributed by atoms with Crippen molar-refractivity contribution in [2.75, 3.05) is 7.05 Å². The van der Waals surface area contributed by atoms with E-state index in [1.165, 1.54) is 18.3 Å². The van der Waals surface area contributed by atoms with Crippen molar-refractivity contribution in [3.63, 3.8) is 0 Å². The molecule has 0 saturated heterocycles. The van der Waals surface area contributed by atoms with E-state index in [1.54, 1.807) is 25.4 Å². The van der Waals surface area contributed by atoms with E-state index in [-0.39, 0.29) is 17.7 Å². The summed E-state index contributed by atoms with van der Waals surface area (Å²) in [5.41, 5.74) is 1.36. The number of nitrogens with one attached hydrogen (secondary N) is 1. The van der Waals surface area contributed by atoms with Gasteiger partial charge in [-0.05, 0) is 37.2 Å². The number of hydrogen-bond acceptors (Lipinski definition) is 2. The van der Waals surface area contributed by atoms with Gasteiger partial charge in [-0.2, -0.15) is 0 Å². The minimum atomic E-state index is -0.353. The maximum atomic E-state index is 13.6. The molecule has 1 unspecified atom stereocenters. The molecule has 0 radical (unpaired) electrons. The minimum absolute atomic E-state index is 0.199. The highest BCUT2D eigenvalue weighted by atomic mass is 19.1. The first-order valence-corrected chi connectivity index (χ1v) is 5.72. The van der Waals surface area contributed by atoms with E-state index in [2.05, 4.69) is 10.3 Å². The van der Waals surface area contributed by atoms with Crippen LogP contribution in [-0.2, 0) is 6.42 Å². The SMILES string of the molecule is CNC(Cc1cccc(F)c1)c1ccncc1F. The molecule has 1 aromatic heterocycles. The summed E-state index contributed by atoms with van der Waals surface area (Å²) < 4.78 is 26.7. The lowest BCUT2D eigenvalue weighted by molar-refractivity contribution is 0.529. The van der Waals surface area contributed by atoms with Gasteiger partial charge in [-0.15, -0.1) is 0 Å². The highest BCUT2D eigenvalue weighted by Gasteiger charge is 2.14. The average Bonchev–Trinajstić information content (AvgIpc) is 2.37. The molecule has 94 valence electrons. The zero-order valence-electron chi connectivity index (χ0n) is 10.0. The Morgan fingerprint density at radius 2 is 2.11 bits per heavy atom. The van der Waals surface area contributed by atoms with Crippen LogP contribution in [-0.4, -0.2) is 12.0 Å². The molecule has 1 aromatic carbocycles. The van der Waals surface area contributed by atoms with Crippen LogP contribution in [0.2, 0.25) is 0 Å². The summed E-state index contributed by atoms with van der Waals surface area (Å²) in [5, 5.41) is 3.04. The molecule has 0 aliphatic heterocycles. The summed E-state index contributed by atoms with van der Waals surface area (Å²) in [5.74, 6) is -0.634. The Morgan fingerprint density at radius 3 is 2.78 bits per heavy atom. The highest BCUT2D eigenvalue weighted by molar-refractivity contribution is 5.23. The summed E-state index contributed by atoms with van der Waals surface area (Å²) >= 11 is 0. The Hall–Kier alpha value is -1.81. The fourth-order valence-corrected chi connectivity index (χ4v) is 1.94. The molecule has 0 aliphatic rings. The van der Waals surface area contributed by atoms with Crippen LogP contribution in [0.5, 0.6) is 0 Å². The Morgan fingerprint density at radius 1 is 1.28 bits per heavy atom. The predicted octanol–water partition coefficient (Wildman–Crippen LogP) is 2.86. The molecular formula is C14H14F2N2. The third-order valence-electron chi connectivity index (χ3n) is 2.86. The number of pyridine rings is 1. The molecule has 4 heteroatoms. The standard InChI is InChI=1S/C14H14F2N2/c1-17-14(12-5-6-18-9-13(12)16)8-10-3-2-4-11(15)7-10/h2-7,9,14,17H,8H2,1H3. The van der Waals surface area contributed by atoms with E-state index in [0.29, 0.717) is 12.0 Å². The van der Waals surface area contributed by atoms with Crippen LogP contribution in [0.25, 0.3) is 0 Å². The topological polar surface area (TPSA) is 24.9 Å². The van der Waals surface area contributed by atoms with Crippen LogP contribution in [0.3, 0.4) is 0 Å². The normalized spacial score (nSPS) is 12.4. The lowest BCUT2D eigenvalue weighted by Gasteiger charge is -2.17. The lowest BCUT2D eigenvalue weighted by atomic mass is 9.99. The molecule has 2 rings (SSSR count). The quantitative estimate of drug-likeness (QED) is 0.900. The third kappa shape index (κ3) is 2.90. The summed E-state index contributed by atoms with van der Waals surface area (Å²) in [6.45, 7) is 0. The van der Waals surface area contributed by atoms with Crippen LogP contribution < -0.4 is 5.32 Å². The van der Waals surface area contributed by atoms with Crippen molar-refractivity contribution in [2.24, 2.45) is 0 Å². The summed E-state index contributed by atoms with van der Waals surface area (Å²) in [6, 6.07) is 7.77. The van der Waals surface area contributed by atoms with Crippen LogP contribution in [0.4, 0.5) is 8.78 Å². The van der Waals surface area contributed by atoms with E-state index in [1.807, 2.05) is 6.07 Å². The van der Waals surface area contributed by atoms with Gasteiger partial charge in [0, 0.05) is 17.8 Å². The monoisotopic (exact) mass is 248 g/mol. The second-order valence-electron chi connectivity index (χ2n) is 4.07. The molecule has 1 N–H and O–H groups in total. The number of likely N-dealkylation sites (N-methyl/N-ethyl adjacent to an activating group) is 1. The van der Waals surface area contributed by atoms with Gasteiger partial charge in [0.25, 0.3) is 0 Å². The fourth-order valence-electron chi connectivity index (χ4n) is 1.94. The third-order valence-corrected chi connectivity index (χ3v) is 2.86. The number of hydrogen-bond donors (Lipinski definition) is 1. The molecule has 0 amide bonds. The number of nitrogens with zero attached hydrogens (tertiary/aromatic N) is 1. The number of aromatic nitrogens is 1. The zero-order valence-corrected chi connectivity index (χ0v) is 10.0. The molecule has 0 spiro atoms. The molecule has 2 nitrogen and oxygen atoms in total. The van der Waals surface area contributed by atoms with Gasteiger partial charge in [0.1, 0.15) is 11.6 Å². The number of rotatable bonds is 4. The van der Waals surface area contributed by atoms with Crippen molar-refractivity contribution < 1.29 is 8.78 Å². The van der Waals surface area contributed by atoms with Gasteiger partial charge in [0.05, 0.1) is 6.20 Å². The van der Waals surface area contributed by atoms with Gasteiger partial charge in [0.2, 0.25) is 0 Å².